The molecule has 1 saturated carbocycles. The minimum Gasteiger partial charge on any atom is -0.351 e. The fraction of sp³-hybridized carbons (Fsp3) is 0.417. The second kappa shape index (κ2) is 9.29. The van der Waals surface area contributed by atoms with Gasteiger partial charge < -0.3 is 14.4 Å². The molecule has 2 heterocycles. The lowest BCUT2D eigenvalue weighted by molar-refractivity contribution is 0.0951. The van der Waals surface area contributed by atoms with E-state index < -0.39 is 0 Å². The molecular weight excluding hydrogens is 392 g/mol. The molecule has 0 radical (unpaired) electrons. The maximum atomic E-state index is 13.1. The number of benzene rings is 1. The van der Waals surface area contributed by atoms with Crippen molar-refractivity contribution in [2.75, 3.05) is 6.54 Å². The molecule has 31 heavy (non-hydrogen) atoms. The number of amides is 1. The van der Waals surface area contributed by atoms with E-state index in [4.69, 9.17) is 4.52 Å². The first-order valence-electron chi connectivity index (χ1n) is 10.9. The van der Waals surface area contributed by atoms with Crippen molar-refractivity contribution in [3.63, 3.8) is 0 Å². The van der Waals surface area contributed by atoms with Crippen LogP contribution in [0.3, 0.4) is 0 Å². The maximum Gasteiger partial charge on any atom is 0.264 e. The van der Waals surface area contributed by atoms with E-state index in [0.29, 0.717) is 36.2 Å². The summed E-state index contributed by atoms with van der Waals surface area (Å²) in [7, 11) is 0. The Balaban J connectivity index is 1.43. The Morgan fingerprint density at radius 1 is 1.23 bits per heavy atom. The third-order valence-corrected chi connectivity index (χ3v) is 6.08. The average molecular weight is 421 g/mol. The number of hydrogen-bond acceptors (Lipinski definition) is 5. The van der Waals surface area contributed by atoms with Crippen molar-refractivity contribution in [1.82, 2.24) is 20.0 Å². The molecule has 7 heteroatoms. The Bertz CT molecular complexity index is 1100. The van der Waals surface area contributed by atoms with Gasteiger partial charge >= 0.3 is 0 Å². The molecular formula is C24H28N4O3. The summed E-state index contributed by atoms with van der Waals surface area (Å²) in [6, 6.07) is 11.4. The Kier molecular flexibility index (Phi) is 6.30. The summed E-state index contributed by atoms with van der Waals surface area (Å²) in [4.78, 5) is 30.4. The van der Waals surface area contributed by atoms with Crippen LogP contribution < -0.4 is 10.9 Å². The van der Waals surface area contributed by atoms with Gasteiger partial charge in [0.05, 0.1) is 6.04 Å². The molecule has 1 amide bonds. The predicted octanol–water partition coefficient (Wildman–Crippen LogP) is 3.78. The molecule has 1 atom stereocenters. The zero-order chi connectivity index (χ0) is 21.8. The van der Waals surface area contributed by atoms with Crippen molar-refractivity contribution < 1.29 is 9.32 Å². The first kappa shape index (κ1) is 21.0. The van der Waals surface area contributed by atoms with Crippen molar-refractivity contribution in [2.45, 2.75) is 57.9 Å². The SMILES string of the molecule is Cc1ccn(C(C)c2ccccc2)c(=O)c1C(=O)NCCc1noc(C2CCCC2)n1. The first-order chi connectivity index (χ1) is 15.0. The minimum atomic E-state index is -0.378. The lowest BCUT2D eigenvalue weighted by Gasteiger charge is -2.17. The van der Waals surface area contributed by atoms with E-state index in [1.54, 1.807) is 17.7 Å². The third kappa shape index (κ3) is 4.60. The summed E-state index contributed by atoms with van der Waals surface area (Å²) in [6.45, 7) is 4.07. The van der Waals surface area contributed by atoms with E-state index in [9.17, 15) is 9.59 Å². The number of carbonyl (C=O) groups excluding carboxylic acids is 1. The van der Waals surface area contributed by atoms with Gasteiger partial charge in [-0.2, -0.15) is 4.98 Å². The molecule has 162 valence electrons. The standard InChI is InChI=1S/C24H28N4O3/c1-16-13-15-28(17(2)18-8-4-3-5-9-18)24(30)21(16)22(29)25-14-12-20-26-23(31-27-20)19-10-6-7-11-19/h3-5,8-9,13,15,17,19H,6-7,10-12,14H2,1-2H3,(H,25,29). The molecule has 0 bridgehead atoms. The van der Waals surface area contributed by atoms with Crippen LogP contribution in [0.5, 0.6) is 0 Å². The van der Waals surface area contributed by atoms with Gasteiger partial charge in [-0.25, -0.2) is 0 Å². The number of aryl methyl sites for hydroxylation is 1. The minimum absolute atomic E-state index is 0.171. The Morgan fingerprint density at radius 2 is 1.97 bits per heavy atom. The summed E-state index contributed by atoms with van der Waals surface area (Å²) < 4.78 is 6.99. The van der Waals surface area contributed by atoms with Gasteiger partial charge in [-0.1, -0.05) is 48.3 Å². The summed E-state index contributed by atoms with van der Waals surface area (Å²) in [5.74, 6) is 1.28. The molecule has 1 aromatic carbocycles. The van der Waals surface area contributed by atoms with E-state index in [1.807, 2.05) is 43.3 Å². The van der Waals surface area contributed by atoms with Crippen molar-refractivity contribution in [3.05, 3.63) is 81.4 Å². The normalized spacial score (nSPS) is 15.2. The molecule has 0 saturated heterocycles. The second-order valence-electron chi connectivity index (χ2n) is 8.21. The van der Waals surface area contributed by atoms with Crippen molar-refractivity contribution in [2.24, 2.45) is 0 Å². The first-order valence-corrected chi connectivity index (χ1v) is 10.9. The van der Waals surface area contributed by atoms with Crippen LogP contribution in [0.1, 0.15) is 77.8 Å². The van der Waals surface area contributed by atoms with Crippen LogP contribution in [0, 0.1) is 6.92 Å². The number of hydrogen-bond donors (Lipinski definition) is 1. The quantitative estimate of drug-likeness (QED) is 0.628. The van der Waals surface area contributed by atoms with Crippen molar-refractivity contribution in [3.8, 4) is 0 Å². The Morgan fingerprint density at radius 3 is 2.71 bits per heavy atom. The van der Waals surface area contributed by atoms with E-state index in [-0.39, 0.29) is 23.1 Å². The number of nitrogens with one attached hydrogen (secondary N) is 1. The lowest BCUT2D eigenvalue weighted by atomic mass is 10.1. The lowest BCUT2D eigenvalue weighted by Crippen LogP contribution is -2.36. The molecule has 0 aliphatic heterocycles. The zero-order valence-corrected chi connectivity index (χ0v) is 18.0. The summed E-state index contributed by atoms with van der Waals surface area (Å²) in [5, 5.41) is 6.87. The van der Waals surface area contributed by atoms with Gasteiger partial charge in [-0.15, -0.1) is 0 Å². The van der Waals surface area contributed by atoms with Crippen LogP contribution in [-0.4, -0.2) is 27.2 Å². The van der Waals surface area contributed by atoms with Crippen LogP contribution in [-0.2, 0) is 6.42 Å². The van der Waals surface area contributed by atoms with Gasteiger partial charge in [0.15, 0.2) is 5.82 Å². The third-order valence-electron chi connectivity index (χ3n) is 6.08. The molecule has 0 spiro atoms. The Labute approximate surface area is 181 Å². The Hall–Kier alpha value is -3.22. The highest BCUT2D eigenvalue weighted by atomic mass is 16.5. The molecule has 1 N–H and O–H groups in total. The van der Waals surface area contributed by atoms with Crippen LogP contribution in [0.25, 0.3) is 0 Å². The highest BCUT2D eigenvalue weighted by Crippen LogP contribution is 2.32. The fourth-order valence-electron chi connectivity index (χ4n) is 4.20. The summed E-state index contributed by atoms with van der Waals surface area (Å²) >= 11 is 0. The summed E-state index contributed by atoms with van der Waals surface area (Å²) in [6.07, 6.45) is 6.81. The van der Waals surface area contributed by atoms with Gasteiger partial charge in [-0.05, 0) is 43.9 Å². The van der Waals surface area contributed by atoms with E-state index in [0.717, 1.165) is 18.4 Å². The maximum absolute atomic E-state index is 13.1. The number of rotatable bonds is 7. The summed E-state index contributed by atoms with van der Waals surface area (Å²) in [5.41, 5.74) is 1.54. The zero-order valence-electron chi connectivity index (χ0n) is 18.0. The number of aromatic nitrogens is 3. The number of carbonyl (C=O) groups is 1. The molecule has 7 nitrogen and oxygen atoms in total. The highest BCUT2D eigenvalue weighted by Gasteiger charge is 2.23. The van der Waals surface area contributed by atoms with Crippen LogP contribution in [0.2, 0.25) is 0 Å². The topological polar surface area (TPSA) is 90.0 Å². The van der Waals surface area contributed by atoms with Crippen LogP contribution in [0.15, 0.2) is 51.9 Å². The molecule has 1 unspecified atom stereocenters. The molecule has 4 rings (SSSR count). The van der Waals surface area contributed by atoms with E-state index in [1.165, 1.54) is 12.8 Å². The monoisotopic (exact) mass is 420 g/mol. The second-order valence-corrected chi connectivity index (χ2v) is 8.21. The van der Waals surface area contributed by atoms with Crippen molar-refractivity contribution >= 4 is 5.91 Å². The van der Waals surface area contributed by atoms with Crippen LogP contribution in [0.4, 0.5) is 0 Å². The molecule has 1 fully saturated rings. The van der Waals surface area contributed by atoms with Crippen LogP contribution >= 0.6 is 0 Å². The molecule has 1 aliphatic carbocycles. The van der Waals surface area contributed by atoms with Gasteiger partial charge in [0, 0.05) is 25.1 Å². The average Bonchev–Trinajstić information content (AvgIpc) is 3.46. The molecule has 3 aromatic rings. The fourth-order valence-corrected chi connectivity index (χ4v) is 4.20. The number of nitrogens with zero attached hydrogens (tertiary/aromatic N) is 3. The molecule has 2 aromatic heterocycles. The molecule has 1 aliphatic rings. The smallest absolute Gasteiger partial charge is 0.264 e. The van der Waals surface area contributed by atoms with E-state index in [2.05, 4.69) is 15.5 Å². The van der Waals surface area contributed by atoms with Gasteiger partial charge in [0.25, 0.3) is 11.5 Å². The van der Waals surface area contributed by atoms with E-state index >= 15 is 0 Å². The highest BCUT2D eigenvalue weighted by molar-refractivity contribution is 5.95. The largest absolute Gasteiger partial charge is 0.351 e. The van der Waals surface area contributed by atoms with Gasteiger partial charge in [-0.3, -0.25) is 9.59 Å². The van der Waals surface area contributed by atoms with Crippen molar-refractivity contribution in [1.29, 1.82) is 0 Å². The van der Waals surface area contributed by atoms with Gasteiger partial charge in [0.2, 0.25) is 5.89 Å². The van der Waals surface area contributed by atoms with Gasteiger partial charge in [0.1, 0.15) is 5.56 Å². The predicted molar refractivity (Wildman–Crippen MR) is 117 cm³/mol. The number of pyridine rings is 1.